The van der Waals surface area contributed by atoms with Crippen LogP contribution in [0.15, 0.2) is 24.5 Å². The second-order valence-corrected chi connectivity index (χ2v) is 5.85. The van der Waals surface area contributed by atoms with Gasteiger partial charge in [-0.2, -0.15) is 21.9 Å². The van der Waals surface area contributed by atoms with Crippen LogP contribution in [0.3, 0.4) is 0 Å². The molecule has 3 rings (SSSR count). The molecule has 1 aliphatic carbocycles. The summed E-state index contributed by atoms with van der Waals surface area (Å²) < 4.78 is 46.4. The highest BCUT2D eigenvalue weighted by Crippen LogP contribution is 2.35. The number of carbonyl (C=O) groups is 1. The van der Waals surface area contributed by atoms with Crippen LogP contribution in [-0.2, 0) is 6.42 Å². The summed E-state index contributed by atoms with van der Waals surface area (Å²) in [6.07, 6.45) is 0.150. The van der Waals surface area contributed by atoms with Crippen LogP contribution >= 0.6 is 11.7 Å². The van der Waals surface area contributed by atoms with Crippen LogP contribution in [0.25, 0.3) is 0 Å². The summed E-state index contributed by atoms with van der Waals surface area (Å²) in [5, 5.41) is 0. The van der Waals surface area contributed by atoms with E-state index in [4.69, 9.17) is 0 Å². The van der Waals surface area contributed by atoms with E-state index in [9.17, 15) is 18.0 Å². The van der Waals surface area contributed by atoms with Crippen molar-refractivity contribution in [1.29, 1.82) is 0 Å². The molecule has 2 aromatic heterocycles. The zero-order valence-corrected chi connectivity index (χ0v) is 12.8. The van der Waals surface area contributed by atoms with Crippen molar-refractivity contribution in [2.75, 3.05) is 6.54 Å². The second-order valence-electron chi connectivity index (χ2n) is 5.30. The van der Waals surface area contributed by atoms with Crippen LogP contribution < -0.4 is 0 Å². The van der Waals surface area contributed by atoms with Crippen LogP contribution in [-0.4, -0.2) is 37.3 Å². The van der Waals surface area contributed by atoms with E-state index in [1.165, 1.54) is 12.4 Å². The molecule has 9 heteroatoms. The first-order valence-electron chi connectivity index (χ1n) is 7.05. The minimum atomic E-state index is -4.49. The molecular formula is C14H13F3N4OS. The molecule has 2 aromatic rings. The van der Waals surface area contributed by atoms with Gasteiger partial charge in [0.25, 0.3) is 5.91 Å². The lowest BCUT2D eigenvalue weighted by Crippen LogP contribution is -2.43. The number of fused-ring (bicyclic) bond motifs is 1. The number of hydrogen-bond acceptors (Lipinski definition) is 5. The van der Waals surface area contributed by atoms with Gasteiger partial charge in [-0.15, -0.1) is 0 Å². The van der Waals surface area contributed by atoms with Gasteiger partial charge in [-0.1, -0.05) is 6.07 Å². The Morgan fingerprint density at radius 3 is 2.96 bits per heavy atom. The lowest BCUT2D eigenvalue weighted by molar-refractivity contribution is -0.145. The summed E-state index contributed by atoms with van der Waals surface area (Å²) in [6, 6.07) is 2.90. The zero-order chi connectivity index (χ0) is 16.4. The normalized spacial score (nSPS) is 17.6. The van der Waals surface area contributed by atoms with Gasteiger partial charge in [0.1, 0.15) is 6.54 Å². The predicted octanol–water partition coefficient (Wildman–Crippen LogP) is 3.02. The van der Waals surface area contributed by atoms with Gasteiger partial charge in [-0.3, -0.25) is 9.78 Å². The molecule has 0 saturated carbocycles. The van der Waals surface area contributed by atoms with Crippen molar-refractivity contribution in [1.82, 2.24) is 18.6 Å². The Bertz CT molecular complexity index is 690. The van der Waals surface area contributed by atoms with Crippen molar-refractivity contribution in [3.8, 4) is 0 Å². The van der Waals surface area contributed by atoms with Gasteiger partial charge in [-0.25, -0.2) is 0 Å². The topological polar surface area (TPSA) is 59.0 Å². The van der Waals surface area contributed by atoms with Crippen molar-refractivity contribution in [2.45, 2.75) is 31.5 Å². The summed E-state index contributed by atoms with van der Waals surface area (Å²) in [6.45, 7) is -1.33. The highest BCUT2D eigenvalue weighted by molar-refractivity contribution is 6.99. The van der Waals surface area contributed by atoms with Crippen LogP contribution in [0.1, 0.15) is 40.6 Å². The fourth-order valence-corrected chi connectivity index (χ4v) is 3.22. The summed E-state index contributed by atoms with van der Waals surface area (Å²) in [5.41, 5.74) is 1.36. The van der Waals surface area contributed by atoms with Crippen molar-refractivity contribution in [3.63, 3.8) is 0 Å². The Hall–Kier alpha value is -2.03. The first kappa shape index (κ1) is 15.9. The number of amides is 1. The maximum absolute atomic E-state index is 13.0. The molecule has 122 valence electrons. The SMILES string of the molecule is O=C(c1cnsn1)N(CC(F)(F)F)C1CCCc2cccnc21. The molecule has 1 unspecified atom stereocenters. The molecule has 0 aliphatic heterocycles. The predicted molar refractivity (Wildman–Crippen MR) is 76.9 cm³/mol. The monoisotopic (exact) mass is 342 g/mol. The molecule has 0 saturated heterocycles. The van der Waals surface area contributed by atoms with Gasteiger partial charge in [-0.05, 0) is 30.9 Å². The van der Waals surface area contributed by atoms with Gasteiger partial charge >= 0.3 is 6.18 Å². The first-order chi connectivity index (χ1) is 11.0. The van der Waals surface area contributed by atoms with Crippen molar-refractivity contribution >= 4 is 17.6 Å². The van der Waals surface area contributed by atoms with E-state index < -0.39 is 24.7 Å². The van der Waals surface area contributed by atoms with Crippen molar-refractivity contribution in [3.05, 3.63) is 41.5 Å². The number of aryl methyl sites for hydroxylation is 1. The number of nitrogens with zero attached hydrogens (tertiary/aromatic N) is 4. The number of carbonyl (C=O) groups excluding carboxylic acids is 1. The molecule has 0 radical (unpaired) electrons. The molecular weight excluding hydrogens is 329 g/mol. The molecule has 0 bridgehead atoms. The summed E-state index contributed by atoms with van der Waals surface area (Å²) in [4.78, 5) is 17.5. The summed E-state index contributed by atoms with van der Waals surface area (Å²) in [5.74, 6) is -0.764. The minimum absolute atomic E-state index is 0.0673. The molecule has 1 aliphatic rings. The zero-order valence-electron chi connectivity index (χ0n) is 12.0. The molecule has 1 atom stereocenters. The number of aromatic nitrogens is 3. The van der Waals surface area contributed by atoms with E-state index in [-0.39, 0.29) is 5.69 Å². The third-order valence-electron chi connectivity index (χ3n) is 3.73. The summed E-state index contributed by atoms with van der Waals surface area (Å²) in [7, 11) is 0. The van der Waals surface area contributed by atoms with E-state index in [0.29, 0.717) is 18.5 Å². The molecule has 2 heterocycles. The van der Waals surface area contributed by atoms with Gasteiger partial charge in [0.05, 0.1) is 29.7 Å². The fourth-order valence-electron chi connectivity index (χ4n) is 2.81. The molecule has 0 fully saturated rings. The van der Waals surface area contributed by atoms with Crippen LogP contribution in [0.5, 0.6) is 0 Å². The standard InChI is InChI=1S/C14H13F3N4OS/c15-14(16,17)8-21(13(22)10-7-19-23-20-10)11-5-1-3-9-4-2-6-18-12(9)11/h2,4,6-7,11H,1,3,5,8H2. The molecule has 0 N–H and O–H groups in total. The minimum Gasteiger partial charge on any atom is -0.319 e. The smallest absolute Gasteiger partial charge is 0.319 e. The molecule has 0 spiro atoms. The quantitative estimate of drug-likeness (QED) is 0.860. The van der Waals surface area contributed by atoms with Gasteiger partial charge in [0.2, 0.25) is 0 Å². The number of hydrogen-bond donors (Lipinski definition) is 0. The maximum atomic E-state index is 13.0. The lowest BCUT2D eigenvalue weighted by atomic mass is 9.90. The van der Waals surface area contributed by atoms with E-state index in [1.54, 1.807) is 6.07 Å². The Labute approximate surface area is 134 Å². The third-order valence-corrected chi connectivity index (χ3v) is 4.21. The van der Waals surface area contributed by atoms with Gasteiger partial charge in [0, 0.05) is 6.20 Å². The Morgan fingerprint density at radius 1 is 1.43 bits per heavy atom. The highest BCUT2D eigenvalue weighted by atomic mass is 32.1. The van der Waals surface area contributed by atoms with Gasteiger partial charge in [0.15, 0.2) is 5.69 Å². The van der Waals surface area contributed by atoms with E-state index >= 15 is 0 Å². The van der Waals surface area contributed by atoms with Crippen LogP contribution in [0.2, 0.25) is 0 Å². The number of rotatable bonds is 3. The average Bonchev–Trinajstić information content (AvgIpc) is 3.05. The van der Waals surface area contributed by atoms with Crippen molar-refractivity contribution < 1.29 is 18.0 Å². The van der Waals surface area contributed by atoms with E-state index in [1.807, 2.05) is 6.07 Å². The number of pyridine rings is 1. The molecule has 5 nitrogen and oxygen atoms in total. The van der Waals surface area contributed by atoms with E-state index in [2.05, 4.69) is 13.7 Å². The van der Waals surface area contributed by atoms with Crippen LogP contribution in [0, 0.1) is 0 Å². The van der Waals surface area contributed by atoms with Gasteiger partial charge < -0.3 is 4.90 Å². The fraction of sp³-hybridized carbons (Fsp3) is 0.429. The number of halogens is 3. The molecule has 1 amide bonds. The van der Waals surface area contributed by atoms with Crippen LogP contribution in [0.4, 0.5) is 13.2 Å². The highest BCUT2D eigenvalue weighted by Gasteiger charge is 2.39. The Morgan fingerprint density at radius 2 is 2.26 bits per heavy atom. The summed E-state index contributed by atoms with van der Waals surface area (Å²) >= 11 is 0.791. The first-order valence-corrected chi connectivity index (χ1v) is 7.78. The molecule has 23 heavy (non-hydrogen) atoms. The average molecular weight is 342 g/mol. The largest absolute Gasteiger partial charge is 0.406 e. The van der Waals surface area contributed by atoms with Crippen molar-refractivity contribution in [2.24, 2.45) is 0 Å². The third kappa shape index (κ3) is 3.49. The maximum Gasteiger partial charge on any atom is 0.406 e. The lowest BCUT2D eigenvalue weighted by Gasteiger charge is -2.35. The Kier molecular flexibility index (Phi) is 4.29. The Balaban J connectivity index is 1.97. The molecule has 0 aromatic carbocycles. The second kappa shape index (κ2) is 6.23. The number of alkyl halides is 3. The van der Waals surface area contributed by atoms with E-state index in [0.717, 1.165) is 28.6 Å².